The predicted octanol–water partition coefficient (Wildman–Crippen LogP) is 14.4. The molecule has 0 amide bonds. The molecule has 4 nitrogen and oxygen atoms in total. The fourth-order valence-electron chi connectivity index (χ4n) is 9.37. The predicted molar refractivity (Wildman–Crippen MR) is 239 cm³/mol. The van der Waals surface area contributed by atoms with E-state index in [0.29, 0.717) is 5.69 Å². The van der Waals surface area contributed by atoms with Crippen molar-refractivity contribution in [2.24, 2.45) is 0 Å². The Bertz CT molecular complexity index is 3650. The van der Waals surface area contributed by atoms with E-state index in [9.17, 15) is 0 Å². The van der Waals surface area contributed by atoms with Crippen molar-refractivity contribution >= 4 is 92.4 Å². The summed E-state index contributed by atoms with van der Waals surface area (Å²) in [6.45, 7) is 7.83. The lowest BCUT2D eigenvalue weighted by atomic mass is 9.85. The molecule has 0 aliphatic heterocycles. The summed E-state index contributed by atoms with van der Waals surface area (Å²) in [4.78, 5) is 14.3. The summed E-state index contributed by atoms with van der Waals surface area (Å²) >= 11 is 0. The fourth-order valence-corrected chi connectivity index (χ4v) is 9.37. The molecule has 3 aromatic heterocycles. The molecule has 0 spiro atoms. The Morgan fingerprint density at radius 1 is 0.456 bits per heavy atom. The quantitative estimate of drug-likeness (QED) is 0.103. The van der Waals surface area contributed by atoms with Gasteiger partial charge in [0.1, 0.15) is 0 Å². The van der Waals surface area contributed by atoms with Crippen LogP contribution in [-0.2, 0) is 0 Å². The monoisotopic (exact) mass is 722 g/mol. The van der Waals surface area contributed by atoms with E-state index in [2.05, 4.69) is 161 Å². The maximum Gasteiger partial charge on any atom is 0.188 e. The molecular formula is C53H30N4. The lowest BCUT2D eigenvalue weighted by Gasteiger charge is -2.19. The van der Waals surface area contributed by atoms with Crippen molar-refractivity contribution in [3.05, 3.63) is 194 Å². The molecule has 0 saturated heterocycles. The lowest BCUT2D eigenvalue weighted by Crippen LogP contribution is -1.96. The van der Waals surface area contributed by atoms with Gasteiger partial charge in [0.2, 0.25) is 0 Å². The normalized spacial score (nSPS) is 11.8. The SMILES string of the molecule is [C-]#[N+]c1ccc2c(c1)c1cc(-c3c4ccccc4c(-c4nc5ccccc5c5c4ccc4ccc6cccnc6c45)c4ccccc34)ccc1n2-c1ccccc1. The maximum absolute atomic E-state index is 7.83. The molecule has 0 aliphatic rings. The Hall–Kier alpha value is -7.87. The zero-order valence-corrected chi connectivity index (χ0v) is 30.6. The number of rotatable bonds is 3. The average Bonchev–Trinajstić information content (AvgIpc) is 3.60. The van der Waals surface area contributed by atoms with Crippen molar-refractivity contribution in [2.45, 2.75) is 0 Å². The third kappa shape index (κ3) is 4.54. The largest absolute Gasteiger partial charge is 0.309 e. The van der Waals surface area contributed by atoms with Crippen LogP contribution in [-0.4, -0.2) is 14.5 Å². The number of aromatic nitrogens is 3. The summed E-state index contributed by atoms with van der Waals surface area (Å²) in [6.07, 6.45) is 1.89. The van der Waals surface area contributed by atoms with Gasteiger partial charge in [-0.2, -0.15) is 0 Å². The summed E-state index contributed by atoms with van der Waals surface area (Å²) in [7, 11) is 0. The van der Waals surface area contributed by atoms with E-state index in [1.807, 2.05) is 30.5 Å². The zero-order chi connectivity index (χ0) is 37.6. The molecular weight excluding hydrogens is 693 g/mol. The topological polar surface area (TPSA) is 35.1 Å². The van der Waals surface area contributed by atoms with E-state index in [1.54, 1.807) is 0 Å². The van der Waals surface area contributed by atoms with Gasteiger partial charge < -0.3 is 4.57 Å². The van der Waals surface area contributed by atoms with Gasteiger partial charge >= 0.3 is 0 Å². The summed E-state index contributed by atoms with van der Waals surface area (Å²) in [5, 5.41) is 13.6. The van der Waals surface area contributed by atoms with E-state index in [1.165, 1.54) is 10.9 Å². The minimum Gasteiger partial charge on any atom is -0.309 e. The van der Waals surface area contributed by atoms with E-state index in [4.69, 9.17) is 16.5 Å². The van der Waals surface area contributed by atoms with Crippen molar-refractivity contribution in [2.75, 3.05) is 0 Å². The standard InChI is InChI=1S/C53H30N4/c1-54-35-25-28-47-44(31-35)43-30-34(24-27-46(43)57(47)36-13-3-2-4-14-36)48-37-15-5-7-17-39(37)51(40-18-8-6-16-38(40)48)53-42-26-23-32-21-22-33-12-11-29-55-52(33)49(32)50(42)41-19-9-10-20-45(41)56-53/h2-31H. The van der Waals surface area contributed by atoms with Gasteiger partial charge in [0.05, 0.1) is 34.3 Å². The van der Waals surface area contributed by atoms with Crippen LogP contribution in [0.5, 0.6) is 0 Å². The molecule has 3 heterocycles. The van der Waals surface area contributed by atoms with Crippen LogP contribution in [0.25, 0.3) is 120 Å². The summed E-state index contributed by atoms with van der Waals surface area (Å²) in [5.41, 5.74) is 10.3. The first-order valence-electron chi connectivity index (χ1n) is 19.2. The van der Waals surface area contributed by atoms with Crippen LogP contribution in [0.15, 0.2) is 182 Å². The summed E-state index contributed by atoms with van der Waals surface area (Å²) in [5.74, 6) is 0. The molecule has 0 radical (unpaired) electrons. The highest BCUT2D eigenvalue weighted by atomic mass is 15.0. The van der Waals surface area contributed by atoms with Gasteiger partial charge in [-0.05, 0) is 92.0 Å². The van der Waals surface area contributed by atoms with Gasteiger partial charge in [0.15, 0.2) is 5.69 Å². The van der Waals surface area contributed by atoms with Crippen LogP contribution in [0.3, 0.4) is 0 Å². The van der Waals surface area contributed by atoms with Gasteiger partial charge in [-0.1, -0.05) is 127 Å². The molecule has 12 aromatic rings. The second kappa shape index (κ2) is 12.1. The molecule has 9 aromatic carbocycles. The number of hydrogen-bond acceptors (Lipinski definition) is 2. The van der Waals surface area contributed by atoms with Gasteiger partial charge in [0, 0.05) is 49.8 Å². The molecule has 57 heavy (non-hydrogen) atoms. The minimum atomic E-state index is 0.631. The zero-order valence-electron chi connectivity index (χ0n) is 30.6. The third-order valence-corrected chi connectivity index (χ3v) is 11.8. The van der Waals surface area contributed by atoms with E-state index in [0.717, 1.165) is 104 Å². The molecule has 0 atom stereocenters. The smallest absolute Gasteiger partial charge is 0.188 e. The highest BCUT2D eigenvalue weighted by molar-refractivity contribution is 6.31. The van der Waals surface area contributed by atoms with Crippen LogP contribution in [0.1, 0.15) is 0 Å². The minimum absolute atomic E-state index is 0.631. The molecule has 0 unspecified atom stereocenters. The lowest BCUT2D eigenvalue weighted by molar-refractivity contribution is 1.18. The summed E-state index contributed by atoms with van der Waals surface area (Å²) in [6, 6.07) is 62.5. The highest BCUT2D eigenvalue weighted by Crippen LogP contribution is 2.48. The first kappa shape index (κ1) is 31.5. The highest BCUT2D eigenvalue weighted by Gasteiger charge is 2.22. The van der Waals surface area contributed by atoms with Crippen molar-refractivity contribution in [3.8, 4) is 28.1 Å². The van der Waals surface area contributed by atoms with Crippen LogP contribution in [0.4, 0.5) is 5.69 Å². The molecule has 0 saturated carbocycles. The number of hydrogen-bond donors (Lipinski definition) is 0. The number of pyridine rings is 2. The molecule has 0 bridgehead atoms. The first-order valence-corrected chi connectivity index (χ1v) is 19.2. The number of benzene rings is 9. The fraction of sp³-hybridized carbons (Fsp3) is 0. The van der Waals surface area contributed by atoms with Crippen molar-refractivity contribution in [3.63, 3.8) is 0 Å². The Morgan fingerprint density at radius 2 is 1.09 bits per heavy atom. The van der Waals surface area contributed by atoms with Gasteiger partial charge in [0.25, 0.3) is 0 Å². The van der Waals surface area contributed by atoms with E-state index in [-0.39, 0.29) is 0 Å². The maximum atomic E-state index is 7.83. The molecule has 0 fully saturated rings. The van der Waals surface area contributed by atoms with Gasteiger partial charge in [-0.15, -0.1) is 0 Å². The molecule has 0 aliphatic carbocycles. The van der Waals surface area contributed by atoms with Gasteiger partial charge in [-0.25, -0.2) is 9.83 Å². The molecule has 4 heteroatoms. The van der Waals surface area contributed by atoms with Crippen molar-refractivity contribution in [1.29, 1.82) is 0 Å². The van der Waals surface area contributed by atoms with E-state index < -0.39 is 0 Å². The number of fused-ring (bicyclic) bond motifs is 12. The second-order valence-corrected chi connectivity index (χ2v) is 14.8. The van der Waals surface area contributed by atoms with Crippen molar-refractivity contribution in [1.82, 2.24) is 14.5 Å². The number of nitrogens with zero attached hydrogens (tertiary/aromatic N) is 4. The Morgan fingerprint density at radius 3 is 1.84 bits per heavy atom. The molecule has 262 valence electrons. The van der Waals surface area contributed by atoms with Crippen LogP contribution < -0.4 is 0 Å². The first-order chi connectivity index (χ1) is 28.2. The second-order valence-electron chi connectivity index (χ2n) is 14.8. The third-order valence-electron chi connectivity index (χ3n) is 11.8. The number of para-hydroxylation sites is 2. The average molecular weight is 723 g/mol. The summed E-state index contributed by atoms with van der Waals surface area (Å²) < 4.78 is 2.31. The molecule has 12 rings (SSSR count). The molecule has 0 N–H and O–H groups in total. The van der Waals surface area contributed by atoms with Crippen LogP contribution in [0.2, 0.25) is 0 Å². The van der Waals surface area contributed by atoms with Crippen molar-refractivity contribution < 1.29 is 0 Å². The van der Waals surface area contributed by atoms with E-state index >= 15 is 0 Å². The Balaban J connectivity index is 1.20. The van der Waals surface area contributed by atoms with Gasteiger partial charge in [-0.3, -0.25) is 4.98 Å². The Labute approximate surface area is 327 Å². The van der Waals surface area contributed by atoms with Crippen LogP contribution in [0, 0.1) is 6.57 Å². The Kier molecular flexibility index (Phi) is 6.66. The van der Waals surface area contributed by atoms with Crippen LogP contribution >= 0.6 is 0 Å².